The molecule has 0 unspecified atom stereocenters. The van der Waals surface area contributed by atoms with Crippen LogP contribution in [0.3, 0.4) is 0 Å². The van der Waals surface area contributed by atoms with Gasteiger partial charge in [-0.2, -0.15) is 13.2 Å². The van der Waals surface area contributed by atoms with Crippen molar-refractivity contribution in [2.75, 3.05) is 20.3 Å². The number of benzene rings is 2. The van der Waals surface area contributed by atoms with Gasteiger partial charge in [0.05, 0.1) is 13.7 Å². The van der Waals surface area contributed by atoms with Gasteiger partial charge in [-0.1, -0.05) is 30.3 Å². The first-order chi connectivity index (χ1) is 14.8. The monoisotopic (exact) mass is 452 g/mol. The van der Waals surface area contributed by atoms with Crippen molar-refractivity contribution in [3.63, 3.8) is 0 Å². The van der Waals surface area contributed by atoms with Crippen LogP contribution in [-0.4, -0.2) is 38.0 Å². The summed E-state index contributed by atoms with van der Waals surface area (Å²) in [6, 6.07) is 13.9. The summed E-state index contributed by atoms with van der Waals surface area (Å²) in [5.41, 5.74) is 0.425. The zero-order valence-corrected chi connectivity index (χ0v) is 18.4. The number of piperidine rings is 1. The summed E-state index contributed by atoms with van der Waals surface area (Å²) in [5.74, 6) is 0.609. The zero-order valence-electron chi connectivity index (χ0n) is 18.4. The van der Waals surface area contributed by atoms with Crippen LogP contribution in [0.5, 0.6) is 5.75 Å². The summed E-state index contributed by atoms with van der Waals surface area (Å²) in [5, 5.41) is 7.14. The lowest BCUT2D eigenvalue weighted by Gasteiger charge is -2.38. The fraction of sp³-hybridized carbons (Fsp3) is 0.500. The molecule has 2 aliphatic rings. The fourth-order valence-corrected chi connectivity index (χ4v) is 4.68. The molecule has 0 radical (unpaired) electrons. The normalized spacial score (nSPS) is 25.5. The number of hydrogen-bond donors (Lipinski definition) is 2. The molecule has 3 atom stereocenters. The van der Waals surface area contributed by atoms with Gasteiger partial charge in [-0.25, -0.2) is 0 Å². The highest BCUT2D eigenvalue weighted by molar-refractivity contribution is 5.47. The number of methoxy groups -OCH3 is 1. The molecule has 176 valence electrons. The van der Waals surface area contributed by atoms with E-state index in [4.69, 9.17) is 9.47 Å². The molecule has 4 rings (SSSR count). The van der Waals surface area contributed by atoms with E-state index in [0.717, 1.165) is 26.3 Å². The molecule has 8 heteroatoms. The van der Waals surface area contributed by atoms with Gasteiger partial charge in [-0.05, 0) is 61.6 Å². The summed E-state index contributed by atoms with van der Waals surface area (Å²) in [6.07, 6.45) is -2.02. The molecule has 0 bridgehead atoms. The Morgan fingerprint density at radius 2 is 1.97 bits per heavy atom. The number of fused-ring (bicyclic) bond motifs is 1. The van der Waals surface area contributed by atoms with E-state index in [0.29, 0.717) is 29.8 Å². The minimum atomic E-state index is -4.49. The van der Waals surface area contributed by atoms with Crippen LogP contribution in [0.25, 0.3) is 0 Å². The average Bonchev–Trinajstić information content (AvgIpc) is 2.77. The Hall–Kier alpha value is -2.13. The van der Waals surface area contributed by atoms with E-state index in [9.17, 15) is 13.2 Å². The molecule has 4 N–H and O–H groups in total. The predicted octanol–water partition coefficient (Wildman–Crippen LogP) is 3.80. The van der Waals surface area contributed by atoms with Crippen molar-refractivity contribution < 1.29 is 28.1 Å². The van der Waals surface area contributed by atoms with Crippen LogP contribution >= 0.6 is 0 Å². The number of halogens is 3. The van der Waals surface area contributed by atoms with Gasteiger partial charge < -0.3 is 25.6 Å². The minimum Gasteiger partial charge on any atom is -0.496 e. The van der Waals surface area contributed by atoms with Crippen molar-refractivity contribution in [2.45, 2.75) is 56.6 Å². The number of alkyl halides is 3. The summed E-state index contributed by atoms with van der Waals surface area (Å²) >= 11 is 0. The molecular formula is C24H31F3N2O3. The van der Waals surface area contributed by atoms with E-state index >= 15 is 0 Å². The Kier molecular flexibility index (Phi) is 7.50. The summed E-state index contributed by atoms with van der Waals surface area (Å²) in [7, 11) is 1.56. The van der Waals surface area contributed by atoms with Crippen LogP contribution in [0.15, 0.2) is 42.5 Å². The molecule has 0 amide bonds. The second kappa shape index (κ2) is 9.79. The Morgan fingerprint density at radius 1 is 1.22 bits per heavy atom. The minimum absolute atomic E-state index is 0. The topological polar surface area (TPSA) is 74.0 Å². The van der Waals surface area contributed by atoms with Crippen molar-refractivity contribution in [1.82, 2.24) is 10.6 Å². The van der Waals surface area contributed by atoms with E-state index in [1.165, 1.54) is 5.56 Å². The highest BCUT2D eigenvalue weighted by Gasteiger charge is 2.55. The predicted molar refractivity (Wildman–Crippen MR) is 117 cm³/mol. The molecule has 32 heavy (non-hydrogen) atoms. The first kappa shape index (κ1) is 24.5. The first-order valence-electron chi connectivity index (χ1n) is 10.8. The molecule has 2 aliphatic heterocycles. The lowest BCUT2D eigenvalue weighted by atomic mass is 9.85. The van der Waals surface area contributed by atoms with Crippen LogP contribution < -0.4 is 15.4 Å². The van der Waals surface area contributed by atoms with Crippen LogP contribution in [0, 0.1) is 0 Å². The van der Waals surface area contributed by atoms with E-state index in [1.807, 2.05) is 18.2 Å². The van der Waals surface area contributed by atoms with Crippen LogP contribution in [0.2, 0.25) is 0 Å². The number of rotatable bonds is 5. The third-order valence-electron chi connectivity index (χ3n) is 6.50. The second-order valence-electron chi connectivity index (χ2n) is 8.42. The Bertz CT molecular complexity index is 907. The maximum Gasteiger partial charge on any atom is 0.421 e. The second-order valence-corrected chi connectivity index (χ2v) is 8.42. The van der Waals surface area contributed by atoms with Crippen molar-refractivity contribution in [1.29, 1.82) is 0 Å². The van der Waals surface area contributed by atoms with Gasteiger partial charge in [0.15, 0.2) is 5.60 Å². The van der Waals surface area contributed by atoms with Crippen molar-refractivity contribution in [2.24, 2.45) is 0 Å². The maximum atomic E-state index is 13.9. The zero-order chi connectivity index (χ0) is 22.1. The van der Waals surface area contributed by atoms with E-state index in [2.05, 4.69) is 22.8 Å². The van der Waals surface area contributed by atoms with E-state index in [-0.39, 0.29) is 29.7 Å². The first-order valence-corrected chi connectivity index (χ1v) is 10.8. The SMILES string of the molecule is COc1cc2c(cc1CN[C@H]1CCCN[C@H]1c1ccccc1)[C@](C)(C(F)(F)F)OCC2.O. The van der Waals surface area contributed by atoms with Crippen molar-refractivity contribution in [3.8, 4) is 5.75 Å². The van der Waals surface area contributed by atoms with Crippen LogP contribution in [0.4, 0.5) is 13.2 Å². The molecule has 0 saturated carbocycles. The number of nitrogens with one attached hydrogen (secondary N) is 2. The molecule has 1 fully saturated rings. The van der Waals surface area contributed by atoms with Gasteiger partial charge in [0, 0.05) is 24.2 Å². The standard InChI is InChI=1S/C24H29F3N2O2.H2O/c1-23(24(25,26)27)19-13-18(21(30-2)14-17(19)10-12-31-23)15-29-20-9-6-11-28-22(20)16-7-4-3-5-8-16;/h3-5,7-8,13-14,20,22,28-29H,6,9-12,15H2,1-2H3;1H2/t20-,22-,23+;/m0./s1. The summed E-state index contributed by atoms with van der Waals surface area (Å²) in [6.45, 7) is 2.52. The van der Waals surface area contributed by atoms with Crippen LogP contribution in [0.1, 0.15) is 48.1 Å². The molecule has 2 aromatic rings. The Morgan fingerprint density at radius 3 is 2.66 bits per heavy atom. The highest BCUT2D eigenvalue weighted by Crippen LogP contribution is 2.46. The van der Waals surface area contributed by atoms with Gasteiger partial charge in [-0.15, -0.1) is 0 Å². The van der Waals surface area contributed by atoms with Gasteiger partial charge >= 0.3 is 6.18 Å². The van der Waals surface area contributed by atoms with Gasteiger partial charge in [0.1, 0.15) is 5.75 Å². The van der Waals surface area contributed by atoms with Gasteiger partial charge in [0.2, 0.25) is 0 Å². The van der Waals surface area contributed by atoms with Gasteiger partial charge in [-0.3, -0.25) is 0 Å². The average molecular weight is 453 g/mol. The van der Waals surface area contributed by atoms with E-state index in [1.54, 1.807) is 19.2 Å². The fourth-order valence-electron chi connectivity index (χ4n) is 4.68. The largest absolute Gasteiger partial charge is 0.496 e. The molecular weight excluding hydrogens is 421 g/mol. The molecule has 2 heterocycles. The summed E-state index contributed by atoms with van der Waals surface area (Å²) in [4.78, 5) is 0. The number of hydrogen-bond acceptors (Lipinski definition) is 4. The lowest BCUT2D eigenvalue weighted by molar-refractivity contribution is -0.281. The third kappa shape index (κ3) is 4.64. The third-order valence-corrected chi connectivity index (χ3v) is 6.50. The smallest absolute Gasteiger partial charge is 0.421 e. The van der Waals surface area contributed by atoms with Crippen molar-refractivity contribution >= 4 is 0 Å². The Labute approximate surface area is 186 Å². The molecule has 0 spiro atoms. The Balaban J connectivity index is 0.00000289. The van der Waals surface area contributed by atoms with Crippen molar-refractivity contribution in [3.05, 3.63) is 64.7 Å². The molecule has 2 aromatic carbocycles. The number of ether oxygens (including phenoxy) is 2. The maximum absolute atomic E-state index is 13.9. The molecule has 1 saturated heterocycles. The summed E-state index contributed by atoms with van der Waals surface area (Å²) < 4.78 is 52.4. The lowest BCUT2D eigenvalue weighted by Crippen LogP contribution is -2.46. The molecule has 0 aromatic heterocycles. The highest BCUT2D eigenvalue weighted by atomic mass is 19.4. The van der Waals surface area contributed by atoms with E-state index < -0.39 is 11.8 Å². The van der Waals surface area contributed by atoms with Crippen LogP contribution in [-0.2, 0) is 23.3 Å². The van der Waals surface area contributed by atoms with Gasteiger partial charge in [0.25, 0.3) is 0 Å². The quantitative estimate of drug-likeness (QED) is 0.724. The molecule has 0 aliphatic carbocycles. The molecule has 5 nitrogen and oxygen atoms in total.